The number of rotatable bonds is 2. The Morgan fingerprint density at radius 3 is 2.50 bits per heavy atom. The fourth-order valence-corrected chi connectivity index (χ4v) is 2.07. The third-order valence-electron chi connectivity index (χ3n) is 2.86. The van der Waals surface area contributed by atoms with Crippen LogP contribution in [-0.2, 0) is 0 Å². The molecule has 0 aliphatic heterocycles. The van der Waals surface area contributed by atoms with Crippen molar-refractivity contribution >= 4 is 23.2 Å². The molecule has 5 heteroatoms. The SMILES string of the molecule is Cc1cc(C(=O)N(C)c2ccc(C#N)cc2)cc(Cl)n1. The van der Waals surface area contributed by atoms with E-state index in [0.29, 0.717) is 27.7 Å². The summed E-state index contributed by atoms with van der Waals surface area (Å²) in [6.45, 7) is 1.78. The molecule has 0 atom stereocenters. The lowest BCUT2D eigenvalue weighted by Crippen LogP contribution is -2.26. The Balaban J connectivity index is 2.29. The van der Waals surface area contributed by atoms with Gasteiger partial charge in [0.25, 0.3) is 5.91 Å². The lowest BCUT2D eigenvalue weighted by atomic mass is 10.1. The molecule has 2 aromatic rings. The van der Waals surface area contributed by atoms with Gasteiger partial charge in [-0.05, 0) is 43.3 Å². The van der Waals surface area contributed by atoms with E-state index in [1.807, 2.05) is 6.07 Å². The van der Waals surface area contributed by atoms with E-state index in [4.69, 9.17) is 16.9 Å². The van der Waals surface area contributed by atoms with Crippen LogP contribution in [0.1, 0.15) is 21.6 Å². The van der Waals surface area contributed by atoms with Crippen LogP contribution < -0.4 is 4.90 Å². The summed E-state index contributed by atoms with van der Waals surface area (Å²) < 4.78 is 0. The smallest absolute Gasteiger partial charge is 0.258 e. The van der Waals surface area contributed by atoms with Crippen molar-refractivity contribution in [3.8, 4) is 6.07 Å². The molecule has 1 aromatic carbocycles. The molecule has 0 spiro atoms. The lowest BCUT2D eigenvalue weighted by Gasteiger charge is -2.17. The Kier molecular flexibility index (Phi) is 4.02. The van der Waals surface area contributed by atoms with Crippen molar-refractivity contribution in [2.75, 3.05) is 11.9 Å². The fourth-order valence-electron chi connectivity index (χ4n) is 1.82. The van der Waals surface area contributed by atoms with E-state index in [1.165, 1.54) is 11.0 Å². The normalized spacial score (nSPS) is 9.90. The summed E-state index contributed by atoms with van der Waals surface area (Å²) in [5, 5.41) is 9.06. The van der Waals surface area contributed by atoms with Crippen LogP contribution in [0.4, 0.5) is 5.69 Å². The number of hydrogen-bond donors (Lipinski definition) is 0. The summed E-state index contributed by atoms with van der Waals surface area (Å²) in [7, 11) is 1.67. The van der Waals surface area contributed by atoms with Gasteiger partial charge in [-0.1, -0.05) is 11.6 Å². The second-order valence-corrected chi connectivity index (χ2v) is 4.73. The summed E-state index contributed by atoms with van der Waals surface area (Å²) in [4.78, 5) is 17.9. The molecule has 0 aliphatic rings. The van der Waals surface area contributed by atoms with E-state index in [9.17, 15) is 4.79 Å². The van der Waals surface area contributed by atoms with Crippen LogP contribution in [0.5, 0.6) is 0 Å². The Morgan fingerprint density at radius 2 is 1.95 bits per heavy atom. The molecule has 0 bridgehead atoms. The number of nitrogens with zero attached hydrogens (tertiary/aromatic N) is 3. The zero-order chi connectivity index (χ0) is 14.7. The zero-order valence-electron chi connectivity index (χ0n) is 11.1. The van der Waals surface area contributed by atoms with Crippen molar-refractivity contribution in [2.24, 2.45) is 0 Å². The van der Waals surface area contributed by atoms with Gasteiger partial charge in [-0.15, -0.1) is 0 Å². The first-order valence-electron chi connectivity index (χ1n) is 5.93. The molecule has 4 nitrogen and oxygen atoms in total. The second kappa shape index (κ2) is 5.72. The highest BCUT2D eigenvalue weighted by Crippen LogP contribution is 2.18. The quantitative estimate of drug-likeness (QED) is 0.796. The van der Waals surface area contributed by atoms with Crippen LogP contribution in [0.25, 0.3) is 0 Å². The van der Waals surface area contributed by atoms with Crippen molar-refractivity contribution in [3.63, 3.8) is 0 Å². The highest BCUT2D eigenvalue weighted by atomic mass is 35.5. The molecule has 0 radical (unpaired) electrons. The number of aromatic nitrogens is 1. The summed E-state index contributed by atoms with van der Waals surface area (Å²) in [5.41, 5.74) is 2.43. The Morgan fingerprint density at radius 1 is 1.30 bits per heavy atom. The fraction of sp³-hybridized carbons (Fsp3) is 0.133. The zero-order valence-corrected chi connectivity index (χ0v) is 11.8. The molecule has 0 saturated carbocycles. The van der Waals surface area contributed by atoms with Crippen LogP contribution in [0.15, 0.2) is 36.4 Å². The van der Waals surface area contributed by atoms with Gasteiger partial charge in [-0.25, -0.2) is 4.98 Å². The van der Waals surface area contributed by atoms with Gasteiger partial charge in [0.2, 0.25) is 0 Å². The predicted octanol–water partition coefficient (Wildman–Crippen LogP) is 3.19. The van der Waals surface area contributed by atoms with Gasteiger partial charge in [0.15, 0.2) is 0 Å². The van der Waals surface area contributed by atoms with Crippen molar-refractivity contribution in [1.82, 2.24) is 4.98 Å². The van der Waals surface area contributed by atoms with Gasteiger partial charge in [-0.3, -0.25) is 4.79 Å². The Bertz CT molecular complexity index is 669. The first-order valence-corrected chi connectivity index (χ1v) is 6.31. The number of nitriles is 1. The topological polar surface area (TPSA) is 57.0 Å². The van der Waals surface area contributed by atoms with Crippen LogP contribution in [0.2, 0.25) is 5.15 Å². The van der Waals surface area contributed by atoms with E-state index in [0.717, 1.165) is 0 Å². The number of halogens is 1. The number of anilines is 1. The number of pyridine rings is 1. The third kappa shape index (κ3) is 2.95. The lowest BCUT2D eigenvalue weighted by molar-refractivity contribution is 0.0993. The third-order valence-corrected chi connectivity index (χ3v) is 3.05. The maximum absolute atomic E-state index is 12.4. The maximum Gasteiger partial charge on any atom is 0.258 e. The monoisotopic (exact) mass is 285 g/mol. The van der Waals surface area contributed by atoms with Gasteiger partial charge >= 0.3 is 0 Å². The number of carbonyl (C=O) groups excluding carboxylic acids is 1. The summed E-state index contributed by atoms with van der Waals surface area (Å²) >= 11 is 5.87. The highest BCUT2D eigenvalue weighted by Gasteiger charge is 2.14. The van der Waals surface area contributed by atoms with Crippen LogP contribution in [0.3, 0.4) is 0 Å². The van der Waals surface area contributed by atoms with Gasteiger partial charge in [0, 0.05) is 24.0 Å². The Labute approximate surface area is 122 Å². The van der Waals surface area contributed by atoms with Crippen molar-refractivity contribution < 1.29 is 4.79 Å². The molecule has 1 heterocycles. The number of carbonyl (C=O) groups is 1. The highest BCUT2D eigenvalue weighted by molar-refractivity contribution is 6.29. The molecule has 2 rings (SSSR count). The number of benzene rings is 1. The molecule has 0 aliphatic carbocycles. The summed E-state index contributed by atoms with van der Waals surface area (Å²) in [6.07, 6.45) is 0. The minimum Gasteiger partial charge on any atom is -0.311 e. The molecule has 0 fully saturated rings. The van der Waals surface area contributed by atoms with E-state index in [2.05, 4.69) is 4.98 Å². The van der Waals surface area contributed by atoms with Crippen molar-refractivity contribution in [2.45, 2.75) is 6.92 Å². The van der Waals surface area contributed by atoms with E-state index in [-0.39, 0.29) is 5.91 Å². The first kappa shape index (κ1) is 14.0. The minimum atomic E-state index is -0.179. The number of aryl methyl sites for hydroxylation is 1. The minimum absolute atomic E-state index is 0.179. The molecule has 0 saturated heterocycles. The molecule has 100 valence electrons. The van der Waals surface area contributed by atoms with Crippen LogP contribution >= 0.6 is 11.6 Å². The average molecular weight is 286 g/mol. The Hall–Kier alpha value is -2.38. The summed E-state index contributed by atoms with van der Waals surface area (Å²) in [5.74, 6) is -0.179. The molecule has 20 heavy (non-hydrogen) atoms. The molecule has 1 amide bonds. The predicted molar refractivity (Wildman–Crippen MR) is 77.9 cm³/mol. The van der Waals surface area contributed by atoms with Crippen LogP contribution in [-0.4, -0.2) is 17.9 Å². The molecular formula is C15H12ClN3O. The van der Waals surface area contributed by atoms with E-state index < -0.39 is 0 Å². The molecular weight excluding hydrogens is 274 g/mol. The van der Waals surface area contributed by atoms with Crippen molar-refractivity contribution in [3.05, 3.63) is 58.4 Å². The molecule has 0 unspecified atom stereocenters. The number of hydrogen-bond acceptors (Lipinski definition) is 3. The maximum atomic E-state index is 12.4. The van der Waals surface area contributed by atoms with Gasteiger partial charge in [-0.2, -0.15) is 5.26 Å². The first-order chi connectivity index (χ1) is 9.51. The van der Waals surface area contributed by atoms with Gasteiger partial charge in [0.1, 0.15) is 5.15 Å². The van der Waals surface area contributed by atoms with Gasteiger partial charge < -0.3 is 4.90 Å². The summed E-state index contributed by atoms with van der Waals surface area (Å²) in [6, 6.07) is 12.1. The van der Waals surface area contributed by atoms with E-state index >= 15 is 0 Å². The molecule has 1 aromatic heterocycles. The average Bonchev–Trinajstić information content (AvgIpc) is 2.45. The largest absolute Gasteiger partial charge is 0.311 e. The molecule has 0 N–H and O–H groups in total. The van der Waals surface area contributed by atoms with Crippen LogP contribution in [0, 0.1) is 18.3 Å². The van der Waals surface area contributed by atoms with Crippen molar-refractivity contribution in [1.29, 1.82) is 5.26 Å². The standard InChI is InChI=1S/C15H12ClN3O/c1-10-7-12(8-14(16)18-10)15(20)19(2)13-5-3-11(9-17)4-6-13/h3-8H,1-2H3. The number of amides is 1. The van der Waals surface area contributed by atoms with Gasteiger partial charge in [0.05, 0.1) is 11.6 Å². The van der Waals surface area contributed by atoms with E-state index in [1.54, 1.807) is 44.3 Å². The second-order valence-electron chi connectivity index (χ2n) is 4.34.